The SMILES string of the molecule is CCc1cc(CC)cc(P(C(C)(C)C)C(C)(C)C)c1.CCc1cc(CC)cc(P(C(C)(C)C)C(C)(C)C)c1.[Cl][Pd][Cl]. The van der Waals surface area contributed by atoms with Crippen LogP contribution in [-0.2, 0) is 41.6 Å². The normalized spacial score (nSPS) is 12.7. The molecule has 0 aliphatic rings. The van der Waals surface area contributed by atoms with E-state index in [9.17, 15) is 0 Å². The van der Waals surface area contributed by atoms with Gasteiger partial charge in [0.2, 0.25) is 0 Å². The summed E-state index contributed by atoms with van der Waals surface area (Å²) < 4.78 is 0. The van der Waals surface area contributed by atoms with Crippen LogP contribution in [0.2, 0.25) is 0 Å². The van der Waals surface area contributed by atoms with Crippen LogP contribution in [0.3, 0.4) is 0 Å². The van der Waals surface area contributed by atoms with Gasteiger partial charge in [0, 0.05) is 0 Å². The number of halogens is 2. The second-order valence-electron chi connectivity index (χ2n) is 14.8. The van der Waals surface area contributed by atoms with E-state index < -0.39 is 0 Å². The monoisotopic (exact) mass is 732 g/mol. The predicted molar refractivity (Wildman–Crippen MR) is 194 cm³/mol. The van der Waals surface area contributed by atoms with Crippen molar-refractivity contribution in [3.8, 4) is 0 Å². The molecule has 0 saturated carbocycles. The molecule has 0 aliphatic heterocycles. The van der Waals surface area contributed by atoms with E-state index in [0.29, 0.717) is 20.6 Å². The summed E-state index contributed by atoms with van der Waals surface area (Å²) in [5.41, 5.74) is 5.98. The molecule has 0 aromatic heterocycles. The van der Waals surface area contributed by atoms with Crippen LogP contribution in [0.4, 0.5) is 0 Å². The minimum atomic E-state index is -0.182. The van der Waals surface area contributed by atoms with Gasteiger partial charge < -0.3 is 0 Å². The van der Waals surface area contributed by atoms with Crippen LogP contribution < -0.4 is 10.6 Å². The van der Waals surface area contributed by atoms with Gasteiger partial charge in [-0.05, 0) is 79.2 Å². The summed E-state index contributed by atoms with van der Waals surface area (Å²) in [7, 11) is 9.26. The third-order valence-corrected chi connectivity index (χ3v) is 13.8. The van der Waals surface area contributed by atoms with Gasteiger partial charge in [-0.1, -0.05) is 163 Å². The molecule has 41 heavy (non-hydrogen) atoms. The first-order chi connectivity index (χ1) is 18.6. The zero-order valence-corrected chi connectivity index (χ0v) is 34.1. The quantitative estimate of drug-likeness (QED) is 0.205. The molecule has 0 spiro atoms. The Balaban J connectivity index is 0.000000712. The topological polar surface area (TPSA) is 0 Å². The number of aryl methyl sites for hydroxylation is 4. The third kappa shape index (κ3) is 14.5. The molecule has 0 radical (unpaired) electrons. The van der Waals surface area contributed by atoms with Gasteiger partial charge in [-0.3, -0.25) is 0 Å². The predicted octanol–water partition coefficient (Wildman–Crippen LogP) is 12.4. The molecule has 0 atom stereocenters. The summed E-state index contributed by atoms with van der Waals surface area (Å²) >= 11 is -0.106. The molecule has 2 aromatic carbocycles. The summed E-state index contributed by atoms with van der Waals surface area (Å²) in [6.07, 6.45) is 4.55. The van der Waals surface area contributed by atoms with Crippen molar-refractivity contribution in [2.75, 3.05) is 0 Å². The first-order valence-corrected chi connectivity index (χ1v) is 22.0. The molecular weight excluding hydrogens is 672 g/mol. The van der Waals surface area contributed by atoms with E-state index in [1.165, 1.54) is 22.3 Å². The van der Waals surface area contributed by atoms with Crippen molar-refractivity contribution >= 4 is 45.5 Å². The first-order valence-electron chi connectivity index (χ1n) is 15.3. The van der Waals surface area contributed by atoms with Gasteiger partial charge in [0.25, 0.3) is 0 Å². The van der Waals surface area contributed by atoms with Gasteiger partial charge in [0.1, 0.15) is 0 Å². The molecule has 0 heterocycles. The van der Waals surface area contributed by atoms with Crippen molar-refractivity contribution in [3.05, 3.63) is 58.7 Å². The average Bonchev–Trinajstić information content (AvgIpc) is 2.80. The van der Waals surface area contributed by atoms with Crippen molar-refractivity contribution in [3.63, 3.8) is 0 Å². The molecular formula is C36H62Cl2P2Pd. The van der Waals surface area contributed by atoms with Crippen LogP contribution in [0.5, 0.6) is 0 Å². The molecule has 0 bridgehead atoms. The van der Waals surface area contributed by atoms with E-state index >= 15 is 0 Å². The zero-order valence-electron chi connectivity index (χ0n) is 29.3. The summed E-state index contributed by atoms with van der Waals surface area (Å²) in [5, 5.41) is 4.59. The van der Waals surface area contributed by atoms with Crippen molar-refractivity contribution < 1.29 is 15.9 Å². The summed E-state index contributed by atoms with van der Waals surface area (Å²) in [5.74, 6) is 0. The van der Waals surface area contributed by atoms with E-state index in [1.807, 2.05) is 0 Å². The summed E-state index contributed by atoms with van der Waals surface area (Å²) in [4.78, 5) is 0. The Kier molecular flexibility index (Phi) is 18.1. The molecule has 0 saturated heterocycles. The second kappa shape index (κ2) is 17.9. The molecule has 0 aliphatic carbocycles. The maximum atomic E-state index is 4.81. The number of rotatable bonds is 6. The van der Waals surface area contributed by atoms with E-state index in [4.69, 9.17) is 19.1 Å². The number of hydrogen-bond donors (Lipinski definition) is 0. The van der Waals surface area contributed by atoms with E-state index in [1.54, 1.807) is 10.6 Å². The molecule has 5 heteroatoms. The molecule has 0 fully saturated rings. The van der Waals surface area contributed by atoms with Crippen LogP contribution >= 0.6 is 34.9 Å². The van der Waals surface area contributed by atoms with E-state index in [-0.39, 0.29) is 31.8 Å². The molecule has 0 amide bonds. The Hall–Kier alpha value is 0.542. The van der Waals surface area contributed by atoms with Crippen molar-refractivity contribution in [1.29, 1.82) is 0 Å². The molecule has 2 rings (SSSR count). The fourth-order valence-electron chi connectivity index (χ4n) is 6.12. The minimum absolute atomic E-state index is 0.106. The van der Waals surface area contributed by atoms with Crippen LogP contribution in [0, 0.1) is 0 Å². The van der Waals surface area contributed by atoms with Gasteiger partial charge in [0.15, 0.2) is 0 Å². The Morgan fingerprint density at radius 2 is 0.610 bits per heavy atom. The molecule has 0 N–H and O–H groups in total. The van der Waals surface area contributed by atoms with E-state index in [2.05, 4.69) is 147 Å². The summed E-state index contributed by atoms with van der Waals surface area (Å²) in [6, 6.07) is 14.6. The van der Waals surface area contributed by atoms with Crippen molar-refractivity contribution in [1.82, 2.24) is 0 Å². The van der Waals surface area contributed by atoms with Crippen LogP contribution in [-0.4, -0.2) is 20.6 Å². The Bertz CT molecular complexity index is 882. The van der Waals surface area contributed by atoms with Gasteiger partial charge in [-0.2, -0.15) is 0 Å². The zero-order chi connectivity index (χ0) is 32.4. The Morgan fingerprint density at radius 1 is 0.439 bits per heavy atom. The average molecular weight is 734 g/mol. The molecule has 240 valence electrons. The maximum absolute atomic E-state index is 4.81. The molecule has 0 unspecified atom stereocenters. The Morgan fingerprint density at radius 3 is 0.732 bits per heavy atom. The van der Waals surface area contributed by atoms with Crippen LogP contribution in [0.1, 0.15) is 133 Å². The van der Waals surface area contributed by atoms with Gasteiger partial charge in [0.05, 0.1) is 0 Å². The van der Waals surface area contributed by atoms with Gasteiger partial charge in [-0.25, -0.2) is 0 Å². The fraction of sp³-hybridized carbons (Fsp3) is 0.667. The second-order valence-corrected chi connectivity index (χ2v) is 24.9. The Labute approximate surface area is 275 Å². The first kappa shape index (κ1) is 41.5. The standard InChI is InChI=1S/2C18H31P.2ClH.Pd/c2*1-9-14-11-15(10-2)13-16(12-14)19(17(3,4)5)18(6,7)8;;;/h2*11-13H,9-10H2,1-8H3;2*1H;/q;;;;+2/p-2. The molecule has 0 nitrogen and oxygen atoms in total. The third-order valence-electron chi connectivity index (χ3n) is 6.91. The van der Waals surface area contributed by atoms with Crippen LogP contribution in [0.15, 0.2) is 36.4 Å². The van der Waals surface area contributed by atoms with Crippen molar-refractivity contribution in [2.24, 2.45) is 0 Å². The number of hydrogen-bond acceptors (Lipinski definition) is 0. The number of benzene rings is 2. The van der Waals surface area contributed by atoms with Gasteiger partial charge >= 0.3 is 35.0 Å². The van der Waals surface area contributed by atoms with Crippen molar-refractivity contribution in [2.45, 2.75) is 157 Å². The fourth-order valence-corrected chi connectivity index (χ4v) is 14.4. The van der Waals surface area contributed by atoms with Gasteiger partial charge in [-0.15, -0.1) is 0 Å². The molecule has 2 aromatic rings. The van der Waals surface area contributed by atoms with Crippen LogP contribution in [0.25, 0.3) is 0 Å². The summed E-state index contributed by atoms with van der Waals surface area (Å²) in [6.45, 7) is 37.8. The van der Waals surface area contributed by atoms with E-state index in [0.717, 1.165) is 25.7 Å².